The van der Waals surface area contributed by atoms with Crippen LogP contribution in [0.15, 0.2) is 12.1 Å². The topological polar surface area (TPSA) is 71.4 Å². The smallest absolute Gasteiger partial charge is 0.310 e. The Hall–Kier alpha value is -1.54. The van der Waals surface area contributed by atoms with Crippen LogP contribution in [-0.2, 0) is 9.36 Å². The van der Waals surface area contributed by atoms with Crippen molar-refractivity contribution in [2.24, 2.45) is 17.3 Å². The molecule has 0 saturated heterocycles. The van der Waals surface area contributed by atoms with Crippen LogP contribution in [0.2, 0.25) is 0 Å². The van der Waals surface area contributed by atoms with Crippen LogP contribution < -0.4 is 0 Å². The van der Waals surface area contributed by atoms with E-state index in [9.17, 15) is 14.7 Å². The Labute approximate surface area is 159 Å². The third-order valence-electron chi connectivity index (χ3n) is 5.52. The van der Waals surface area contributed by atoms with Crippen molar-refractivity contribution in [2.45, 2.75) is 66.7 Å². The number of aryl methyl sites for hydroxylation is 3. The van der Waals surface area contributed by atoms with Crippen molar-refractivity contribution in [1.29, 1.82) is 0 Å². The number of rotatable bonds is 6. The Morgan fingerprint density at radius 2 is 1.54 bits per heavy atom. The van der Waals surface area contributed by atoms with Gasteiger partial charge in [0, 0.05) is 11.0 Å². The van der Waals surface area contributed by atoms with E-state index in [1.807, 2.05) is 46.8 Å². The van der Waals surface area contributed by atoms with Crippen molar-refractivity contribution >= 4 is 20.9 Å². The van der Waals surface area contributed by atoms with Crippen molar-refractivity contribution in [1.82, 2.24) is 0 Å². The molecule has 1 aromatic carbocycles. The molecule has 0 amide bonds. The Morgan fingerprint density at radius 3 is 1.92 bits per heavy atom. The zero-order valence-electron chi connectivity index (χ0n) is 16.6. The van der Waals surface area contributed by atoms with Gasteiger partial charge in [-0.1, -0.05) is 49.0 Å². The molecule has 1 fully saturated rings. The molecular weight excluding hydrogens is 347 g/mol. The highest BCUT2D eigenvalue weighted by molar-refractivity contribution is 7.00. The van der Waals surface area contributed by atoms with Gasteiger partial charge in [0.05, 0.1) is 5.92 Å². The summed E-state index contributed by atoms with van der Waals surface area (Å²) in [5, 5.41) is 9.87. The number of Topliss-reactive ketones (excluding diaryl/α,β-unsaturated/α-hetero) is 1. The normalized spacial score (nSPS) is 16.7. The molecular formula is C21H32O4P+. The number of hydrogen-bond donors (Lipinski definition) is 1. The molecule has 0 aliphatic heterocycles. The lowest BCUT2D eigenvalue weighted by molar-refractivity contribution is -0.146. The summed E-state index contributed by atoms with van der Waals surface area (Å²) in [6.45, 7) is 10.0. The van der Waals surface area contributed by atoms with Crippen LogP contribution in [-0.4, -0.2) is 16.9 Å². The molecule has 26 heavy (non-hydrogen) atoms. The Morgan fingerprint density at radius 1 is 1.08 bits per heavy atom. The van der Waals surface area contributed by atoms with Gasteiger partial charge < -0.3 is 5.11 Å². The highest BCUT2D eigenvalue weighted by Gasteiger charge is 2.51. The molecule has 0 spiro atoms. The third kappa shape index (κ3) is 4.59. The Kier molecular flexibility index (Phi) is 8.15. The highest BCUT2D eigenvalue weighted by atomic mass is 31.0. The van der Waals surface area contributed by atoms with Gasteiger partial charge in [0.25, 0.3) is 0 Å². The predicted octanol–water partition coefficient (Wildman–Crippen LogP) is 5.31. The van der Waals surface area contributed by atoms with Gasteiger partial charge in [-0.05, 0) is 57.1 Å². The summed E-state index contributed by atoms with van der Waals surface area (Å²) in [5.41, 5.74) is 3.09. The summed E-state index contributed by atoms with van der Waals surface area (Å²) in [6.07, 6.45) is 3.84. The quantitative estimate of drug-likeness (QED) is 0.537. The zero-order chi connectivity index (χ0) is 20.1. The first-order chi connectivity index (χ1) is 12.2. The predicted molar refractivity (Wildman–Crippen MR) is 107 cm³/mol. The SMILES string of the molecule is Cc1cc(C)c(C(=O)C2(C(CC(C)C)C(=O)O)CCCC2)c(C)c1.O=[PH2+]. The fourth-order valence-electron chi connectivity index (χ4n) is 4.56. The van der Waals surface area contributed by atoms with Crippen LogP contribution in [0.3, 0.4) is 0 Å². The summed E-state index contributed by atoms with van der Waals surface area (Å²) >= 11 is 0. The molecule has 1 aromatic rings. The van der Waals surface area contributed by atoms with E-state index in [4.69, 9.17) is 4.57 Å². The van der Waals surface area contributed by atoms with Crippen molar-refractivity contribution in [3.8, 4) is 0 Å². The van der Waals surface area contributed by atoms with E-state index in [0.29, 0.717) is 19.3 Å². The van der Waals surface area contributed by atoms with Gasteiger partial charge in [-0.15, -0.1) is 0 Å². The number of benzene rings is 1. The van der Waals surface area contributed by atoms with Crippen LogP contribution in [0.5, 0.6) is 0 Å². The van der Waals surface area contributed by atoms with E-state index in [0.717, 1.165) is 35.1 Å². The lowest BCUT2D eigenvalue weighted by Gasteiger charge is -2.35. The molecule has 4 nitrogen and oxygen atoms in total. The molecule has 1 aliphatic carbocycles. The maximum atomic E-state index is 13.6. The molecule has 0 heterocycles. The number of aliphatic carboxylic acids is 1. The van der Waals surface area contributed by atoms with Gasteiger partial charge in [0.2, 0.25) is 0 Å². The van der Waals surface area contributed by atoms with Gasteiger partial charge in [-0.2, -0.15) is 0 Å². The van der Waals surface area contributed by atoms with Gasteiger partial charge in [-0.25, -0.2) is 0 Å². The van der Waals surface area contributed by atoms with Crippen molar-refractivity contribution in [2.75, 3.05) is 0 Å². The minimum atomic E-state index is -0.818. The number of ketones is 1. The van der Waals surface area contributed by atoms with Crippen LogP contribution >= 0.6 is 9.12 Å². The largest absolute Gasteiger partial charge is 0.481 e. The average molecular weight is 379 g/mol. The van der Waals surface area contributed by atoms with Gasteiger partial charge in [-0.3, -0.25) is 9.59 Å². The van der Waals surface area contributed by atoms with Crippen LogP contribution in [0.4, 0.5) is 0 Å². The molecule has 1 saturated carbocycles. The minimum absolute atomic E-state index is 0.0584. The maximum Gasteiger partial charge on any atom is 0.310 e. The monoisotopic (exact) mass is 379 g/mol. The molecule has 2 rings (SSSR count). The van der Waals surface area contributed by atoms with Crippen molar-refractivity contribution < 1.29 is 19.3 Å². The van der Waals surface area contributed by atoms with Gasteiger partial charge >= 0.3 is 15.1 Å². The number of hydrogen-bond acceptors (Lipinski definition) is 3. The maximum absolute atomic E-state index is 13.6. The second kappa shape index (κ2) is 9.41. The first-order valence-electron chi connectivity index (χ1n) is 9.28. The summed E-state index contributed by atoms with van der Waals surface area (Å²) in [7, 11) is 1.17. The van der Waals surface area contributed by atoms with E-state index in [2.05, 4.69) is 0 Å². The molecule has 2 unspecified atom stereocenters. The molecule has 1 N–H and O–H groups in total. The second-order valence-electron chi connectivity index (χ2n) is 7.99. The Bertz CT molecular complexity index is 637. The van der Waals surface area contributed by atoms with Crippen LogP contribution in [0.1, 0.15) is 73.0 Å². The molecule has 0 bridgehead atoms. The number of carboxylic acids is 1. The molecule has 2 atom stereocenters. The van der Waals surface area contributed by atoms with E-state index >= 15 is 0 Å². The molecule has 144 valence electrons. The minimum Gasteiger partial charge on any atom is -0.481 e. The van der Waals surface area contributed by atoms with Gasteiger partial charge in [0.15, 0.2) is 5.78 Å². The summed E-state index contributed by atoms with van der Waals surface area (Å²) in [4.78, 5) is 25.6. The Balaban J connectivity index is 0.00000163. The van der Waals surface area contributed by atoms with Crippen molar-refractivity contribution in [3.05, 3.63) is 34.4 Å². The van der Waals surface area contributed by atoms with Gasteiger partial charge in [0.1, 0.15) is 0 Å². The van der Waals surface area contributed by atoms with Crippen LogP contribution in [0.25, 0.3) is 0 Å². The van der Waals surface area contributed by atoms with E-state index < -0.39 is 17.3 Å². The number of carboxylic acid groups (broad SMARTS) is 1. The number of carbonyl (C=O) groups is 2. The van der Waals surface area contributed by atoms with Crippen molar-refractivity contribution in [3.63, 3.8) is 0 Å². The zero-order valence-corrected chi connectivity index (χ0v) is 17.7. The summed E-state index contributed by atoms with van der Waals surface area (Å²) in [6, 6.07) is 4.06. The van der Waals surface area contributed by atoms with E-state index in [-0.39, 0.29) is 11.7 Å². The molecule has 1 aliphatic rings. The molecule has 0 radical (unpaired) electrons. The lowest BCUT2D eigenvalue weighted by atomic mass is 9.65. The third-order valence-corrected chi connectivity index (χ3v) is 5.52. The first-order valence-corrected chi connectivity index (χ1v) is 9.75. The summed E-state index contributed by atoms with van der Waals surface area (Å²) < 4.78 is 8.17. The molecule has 0 aromatic heterocycles. The standard InChI is InChI=1S/C21H30O3.H2OP/c1-13(2)10-17(20(23)24)21(8-6-7-9-21)19(22)18-15(4)11-14(3)12-16(18)5;1-2/h11-13,17H,6-10H2,1-5H3,(H,23,24);2H2/q;+1. The number of carbonyl (C=O) groups excluding carboxylic acids is 1. The second-order valence-corrected chi connectivity index (χ2v) is 7.99. The first kappa shape index (κ1) is 22.5. The average Bonchev–Trinajstić information content (AvgIpc) is 3.03. The van der Waals surface area contributed by atoms with E-state index in [1.54, 1.807) is 0 Å². The fraction of sp³-hybridized carbons (Fsp3) is 0.619. The van der Waals surface area contributed by atoms with Crippen LogP contribution in [0, 0.1) is 38.0 Å². The lowest BCUT2D eigenvalue weighted by Crippen LogP contribution is -2.42. The fourth-order valence-corrected chi connectivity index (χ4v) is 4.56. The van der Waals surface area contributed by atoms with E-state index in [1.165, 1.54) is 9.12 Å². The molecule has 5 heteroatoms. The summed E-state index contributed by atoms with van der Waals surface area (Å²) in [5.74, 6) is -1.09. The highest BCUT2D eigenvalue weighted by Crippen LogP contribution is 2.49.